The Balaban J connectivity index is 1.89. The Kier molecular flexibility index (Phi) is 3.72. The maximum absolute atomic E-state index is 13.8. The molecule has 2 N–H and O–H groups in total. The van der Waals surface area contributed by atoms with E-state index in [1.165, 1.54) is 18.9 Å². The third-order valence-corrected chi connectivity index (χ3v) is 3.62. The summed E-state index contributed by atoms with van der Waals surface area (Å²) in [4.78, 5) is 6.23. The first-order chi connectivity index (χ1) is 10.1. The number of nitrogen functional groups attached to an aromatic ring is 1. The highest BCUT2D eigenvalue weighted by molar-refractivity contribution is 5.62. The van der Waals surface area contributed by atoms with Crippen LogP contribution in [0.2, 0.25) is 0 Å². The standard InChI is InChI=1S/C14H16F2N4O/c15-10-8-11(16)12(17)7-9(10)13-18-14(19-21-13)20-5-3-1-2-4-6-20/h7-8H,1-6,17H2. The molecule has 0 radical (unpaired) electrons. The Morgan fingerprint density at radius 2 is 1.76 bits per heavy atom. The fraction of sp³-hybridized carbons (Fsp3) is 0.429. The van der Waals surface area contributed by atoms with Gasteiger partial charge < -0.3 is 15.2 Å². The number of nitrogens with zero attached hydrogens (tertiary/aromatic N) is 3. The van der Waals surface area contributed by atoms with Crippen LogP contribution in [-0.4, -0.2) is 23.2 Å². The summed E-state index contributed by atoms with van der Waals surface area (Å²) in [6.07, 6.45) is 4.51. The maximum atomic E-state index is 13.8. The van der Waals surface area contributed by atoms with Gasteiger partial charge >= 0.3 is 0 Å². The van der Waals surface area contributed by atoms with E-state index in [1.54, 1.807) is 0 Å². The van der Waals surface area contributed by atoms with Gasteiger partial charge in [0.15, 0.2) is 0 Å². The molecule has 1 saturated heterocycles. The van der Waals surface area contributed by atoms with Crippen LogP contribution in [0.1, 0.15) is 25.7 Å². The van der Waals surface area contributed by atoms with E-state index in [2.05, 4.69) is 10.1 Å². The lowest BCUT2D eigenvalue weighted by atomic mass is 10.2. The molecular formula is C14H16F2N4O. The van der Waals surface area contributed by atoms with Gasteiger partial charge in [-0.15, -0.1) is 0 Å². The molecule has 5 nitrogen and oxygen atoms in total. The van der Waals surface area contributed by atoms with Crippen molar-refractivity contribution in [3.8, 4) is 11.5 Å². The van der Waals surface area contributed by atoms with Crippen molar-refractivity contribution in [3.63, 3.8) is 0 Å². The number of hydrogen-bond acceptors (Lipinski definition) is 5. The van der Waals surface area contributed by atoms with Crippen LogP contribution in [0.15, 0.2) is 16.7 Å². The Labute approximate surface area is 120 Å². The third-order valence-electron chi connectivity index (χ3n) is 3.62. The summed E-state index contributed by atoms with van der Waals surface area (Å²) < 4.78 is 32.1. The van der Waals surface area contributed by atoms with E-state index in [4.69, 9.17) is 10.3 Å². The van der Waals surface area contributed by atoms with Crippen molar-refractivity contribution in [3.05, 3.63) is 23.8 Å². The highest BCUT2D eigenvalue weighted by atomic mass is 19.1. The van der Waals surface area contributed by atoms with Crippen molar-refractivity contribution < 1.29 is 13.3 Å². The zero-order chi connectivity index (χ0) is 14.8. The molecule has 2 aromatic rings. The predicted molar refractivity (Wildman–Crippen MR) is 74.7 cm³/mol. The normalized spacial score (nSPS) is 16.0. The van der Waals surface area contributed by atoms with Crippen molar-refractivity contribution in [1.29, 1.82) is 0 Å². The van der Waals surface area contributed by atoms with Crippen LogP contribution in [0.3, 0.4) is 0 Å². The molecule has 1 aromatic heterocycles. The van der Waals surface area contributed by atoms with E-state index in [9.17, 15) is 8.78 Å². The Morgan fingerprint density at radius 3 is 2.48 bits per heavy atom. The van der Waals surface area contributed by atoms with Crippen LogP contribution < -0.4 is 10.6 Å². The van der Waals surface area contributed by atoms with Crippen LogP contribution in [0, 0.1) is 11.6 Å². The molecule has 2 heterocycles. The number of benzene rings is 1. The van der Waals surface area contributed by atoms with Gasteiger partial charge in [-0.25, -0.2) is 8.78 Å². The number of aromatic nitrogens is 2. The molecule has 0 spiro atoms. The minimum Gasteiger partial charge on any atom is -0.396 e. The number of halogens is 2. The van der Waals surface area contributed by atoms with Crippen molar-refractivity contribution in [2.45, 2.75) is 25.7 Å². The highest BCUT2D eigenvalue weighted by Crippen LogP contribution is 2.27. The molecule has 0 amide bonds. The van der Waals surface area contributed by atoms with Crippen LogP contribution in [-0.2, 0) is 0 Å². The van der Waals surface area contributed by atoms with Crippen LogP contribution in [0.4, 0.5) is 20.4 Å². The molecule has 7 heteroatoms. The number of anilines is 2. The van der Waals surface area contributed by atoms with Crippen LogP contribution in [0.25, 0.3) is 11.5 Å². The van der Waals surface area contributed by atoms with E-state index < -0.39 is 11.6 Å². The molecule has 1 aliphatic heterocycles. The fourth-order valence-electron chi connectivity index (χ4n) is 2.45. The van der Waals surface area contributed by atoms with E-state index in [-0.39, 0.29) is 17.1 Å². The lowest BCUT2D eigenvalue weighted by Gasteiger charge is -2.16. The summed E-state index contributed by atoms with van der Waals surface area (Å²) >= 11 is 0. The predicted octanol–water partition coefficient (Wildman–Crippen LogP) is 2.98. The Morgan fingerprint density at radius 1 is 1.05 bits per heavy atom. The van der Waals surface area contributed by atoms with Gasteiger partial charge in [0.2, 0.25) is 0 Å². The lowest BCUT2D eigenvalue weighted by molar-refractivity contribution is 0.426. The second-order valence-electron chi connectivity index (χ2n) is 5.15. The largest absolute Gasteiger partial charge is 0.396 e. The van der Waals surface area contributed by atoms with Crippen LogP contribution in [0.5, 0.6) is 0 Å². The smallest absolute Gasteiger partial charge is 0.266 e. The van der Waals surface area contributed by atoms with Crippen LogP contribution >= 0.6 is 0 Å². The number of hydrogen-bond donors (Lipinski definition) is 1. The van der Waals surface area contributed by atoms with Crippen molar-refractivity contribution in [2.75, 3.05) is 23.7 Å². The van der Waals surface area contributed by atoms with Gasteiger partial charge in [0.1, 0.15) is 11.6 Å². The molecule has 3 rings (SSSR count). The van der Waals surface area contributed by atoms with Crippen molar-refractivity contribution >= 4 is 11.6 Å². The van der Waals surface area contributed by atoms with Crippen molar-refractivity contribution in [1.82, 2.24) is 10.1 Å². The maximum Gasteiger partial charge on any atom is 0.266 e. The van der Waals surface area contributed by atoms with E-state index in [1.807, 2.05) is 4.90 Å². The second-order valence-corrected chi connectivity index (χ2v) is 5.15. The summed E-state index contributed by atoms with van der Waals surface area (Å²) in [6.45, 7) is 1.71. The summed E-state index contributed by atoms with van der Waals surface area (Å²) in [5.74, 6) is -1.12. The summed E-state index contributed by atoms with van der Waals surface area (Å²) in [5.41, 5.74) is 5.32. The number of rotatable bonds is 2. The van der Waals surface area contributed by atoms with Gasteiger partial charge in [0.25, 0.3) is 11.8 Å². The topological polar surface area (TPSA) is 68.2 Å². The first kappa shape index (κ1) is 13.8. The van der Waals surface area contributed by atoms with Gasteiger partial charge in [-0.05, 0) is 24.1 Å². The molecule has 0 bridgehead atoms. The second kappa shape index (κ2) is 5.67. The average Bonchev–Trinajstić information content (AvgIpc) is 2.78. The van der Waals surface area contributed by atoms with Gasteiger partial charge in [-0.2, -0.15) is 4.98 Å². The zero-order valence-corrected chi connectivity index (χ0v) is 11.5. The van der Waals surface area contributed by atoms with E-state index in [0.29, 0.717) is 5.95 Å². The molecule has 0 atom stereocenters. The highest BCUT2D eigenvalue weighted by Gasteiger charge is 2.19. The average molecular weight is 294 g/mol. The van der Waals surface area contributed by atoms with Gasteiger partial charge in [-0.3, -0.25) is 0 Å². The van der Waals surface area contributed by atoms with Gasteiger partial charge in [0, 0.05) is 19.2 Å². The minimum absolute atomic E-state index is 0.0125. The molecule has 1 aliphatic rings. The summed E-state index contributed by atoms with van der Waals surface area (Å²) in [5, 5.41) is 3.89. The van der Waals surface area contributed by atoms with Crippen molar-refractivity contribution in [2.24, 2.45) is 0 Å². The molecule has 0 aliphatic carbocycles. The quantitative estimate of drug-likeness (QED) is 0.862. The fourth-order valence-corrected chi connectivity index (χ4v) is 2.45. The third kappa shape index (κ3) is 2.81. The molecule has 1 aromatic carbocycles. The zero-order valence-electron chi connectivity index (χ0n) is 11.5. The Hall–Kier alpha value is -2.18. The van der Waals surface area contributed by atoms with E-state index >= 15 is 0 Å². The monoisotopic (exact) mass is 294 g/mol. The van der Waals surface area contributed by atoms with Gasteiger partial charge in [0.05, 0.1) is 11.3 Å². The minimum atomic E-state index is -0.802. The van der Waals surface area contributed by atoms with E-state index in [0.717, 1.165) is 32.0 Å². The number of nitrogens with two attached hydrogens (primary N) is 1. The first-order valence-electron chi connectivity index (χ1n) is 6.98. The Bertz CT molecular complexity index is 636. The molecular weight excluding hydrogens is 278 g/mol. The summed E-state index contributed by atoms with van der Waals surface area (Å²) in [6, 6.07) is 1.89. The molecule has 0 saturated carbocycles. The molecule has 21 heavy (non-hydrogen) atoms. The lowest BCUT2D eigenvalue weighted by Crippen LogP contribution is -2.24. The molecule has 1 fully saturated rings. The summed E-state index contributed by atoms with van der Waals surface area (Å²) in [7, 11) is 0. The molecule has 112 valence electrons. The van der Waals surface area contributed by atoms with Gasteiger partial charge in [-0.1, -0.05) is 12.8 Å². The SMILES string of the molecule is Nc1cc(-c2nc(N3CCCCCC3)no2)c(F)cc1F. The first-order valence-corrected chi connectivity index (χ1v) is 6.98. The molecule has 0 unspecified atom stereocenters.